The Hall–Kier alpha value is -1.13. The molecule has 2 nitrogen and oxygen atoms in total. The van der Waals surface area contributed by atoms with Gasteiger partial charge in [-0.3, -0.25) is 0 Å². The highest BCUT2D eigenvalue weighted by Gasteiger charge is 2.06. The molecule has 1 heterocycles. The van der Waals surface area contributed by atoms with Crippen molar-refractivity contribution in [3.05, 3.63) is 41.2 Å². The first-order chi connectivity index (χ1) is 7.29. The Morgan fingerprint density at radius 2 is 2.20 bits per heavy atom. The maximum atomic E-state index is 13.2. The van der Waals surface area contributed by atoms with E-state index in [1.165, 1.54) is 17.4 Å². The van der Waals surface area contributed by atoms with E-state index in [0.29, 0.717) is 11.1 Å². The van der Waals surface area contributed by atoms with E-state index < -0.39 is 5.82 Å². The number of para-hydroxylation sites is 1. The van der Waals surface area contributed by atoms with E-state index in [1.807, 2.05) is 0 Å². The Labute approximate surface area is 95.3 Å². The summed E-state index contributed by atoms with van der Waals surface area (Å²) in [6.45, 7) is 0. The van der Waals surface area contributed by atoms with Gasteiger partial charge in [0.1, 0.15) is 0 Å². The molecule has 0 unspecified atom stereocenters. The van der Waals surface area contributed by atoms with Crippen molar-refractivity contribution in [1.29, 1.82) is 0 Å². The number of nitrogens with zero attached hydrogens (tertiary/aromatic N) is 1. The van der Waals surface area contributed by atoms with Gasteiger partial charge in [-0.15, -0.1) is 11.6 Å². The van der Waals surface area contributed by atoms with Crippen molar-refractivity contribution in [1.82, 2.24) is 4.98 Å². The highest BCUT2D eigenvalue weighted by atomic mass is 35.5. The van der Waals surface area contributed by atoms with Crippen LogP contribution in [0.4, 0.5) is 4.39 Å². The van der Waals surface area contributed by atoms with Gasteiger partial charge in [-0.2, -0.15) is 0 Å². The molecule has 0 N–H and O–H groups in total. The fourth-order valence-electron chi connectivity index (χ4n) is 1.02. The predicted molar refractivity (Wildman–Crippen MR) is 58.1 cm³/mol. The van der Waals surface area contributed by atoms with Gasteiger partial charge in [-0.1, -0.05) is 23.5 Å². The molecule has 0 spiro atoms. The van der Waals surface area contributed by atoms with Crippen LogP contribution in [0, 0.1) is 5.82 Å². The van der Waals surface area contributed by atoms with Crippen LogP contribution in [0.3, 0.4) is 0 Å². The first-order valence-electron chi connectivity index (χ1n) is 4.22. The zero-order valence-corrected chi connectivity index (χ0v) is 9.19. The van der Waals surface area contributed by atoms with Crippen LogP contribution in [0.5, 0.6) is 10.9 Å². The van der Waals surface area contributed by atoms with Gasteiger partial charge in [-0.05, 0) is 12.1 Å². The third-order valence-corrected chi connectivity index (χ3v) is 2.74. The van der Waals surface area contributed by atoms with Crippen LogP contribution >= 0.6 is 22.9 Å². The molecule has 0 aliphatic heterocycles. The molecule has 0 aliphatic rings. The molecule has 2 aromatic rings. The predicted octanol–water partition coefficient (Wildman–Crippen LogP) is 3.81. The Morgan fingerprint density at radius 3 is 2.87 bits per heavy atom. The van der Waals surface area contributed by atoms with Crippen LogP contribution in [0.2, 0.25) is 0 Å². The normalized spacial score (nSPS) is 10.3. The number of alkyl halides is 1. The van der Waals surface area contributed by atoms with Crippen molar-refractivity contribution in [2.24, 2.45) is 0 Å². The molecular weight excluding hydrogens is 237 g/mol. The number of thiazole rings is 1. The number of rotatable bonds is 3. The van der Waals surface area contributed by atoms with Crippen molar-refractivity contribution in [2.45, 2.75) is 5.88 Å². The monoisotopic (exact) mass is 243 g/mol. The minimum atomic E-state index is -0.403. The average molecular weight is 244 g/mol. The average Bonchev–Trinajstić information content (AvgIpc) is 2.69. The topological polar surface area (TPSA) is 22.1 Å². The van der Waals surface area contributed by atoms with Gasteiger partial charge in [0.15, 0.2) is 11.6 Å². The lowest BCUT2D eigenvalue weighted by Crippen LogP contribution is -1.87. The molecule has 78 valence electrons. The lowest BCUT2D eigenvalue weighted by Gasteiger charge is -2.01. The summed E-state index contributed by atoms with van der Waals surface area (Å²) in [6, 6.07) is 6.20. The van der Waals surface area contributed by atoms with E-state index in [0.717, 1.165) is 5.69 Å². The lowest BCUT2D eigenvalue weighted by molar-refractivity contribution is 0.439. The van der Waals surface area contributed by atoms with Crippen LogP contribution in [-0.4, -0.2) is 4.98 Å². The molecule has 1 aromatic carbocycles. The summed E-state index contributed by atoms with van der Waals surface area (Å²) in [4.78, 5) is 4.06. The van der Waals surface area contributed by atoms with Crippen molar-refractivity contribution in [3.63, 3.8) is 0 Å². The zero-order chi connectivity index (χ0) is 10.7. The van der Waals surface area contributed by atoms with Crippen LogP contribution in [0.25, 0.3) is 0 Å². The maximum absolute atomic E-state index is 13.2. The number of benzene rings is 1. The zero-order valence-electron chi connectivity index (χ0n) is 7.61. The van der Waals surface area contributed by atoms with Crippen molar-refractivity contribution >= 4 is 22.9 Å². The highest BCUT2D eigenvalue weighted by Crippen LogP contribution is 2.27. The molecule has 0 amide bonds. The summed E-state index contributed by atoms with van der Waals surface area (Å²) in [5, 5.41) is 2.18. The Bertz CT molecular complexity index is 460. The molecule has 15 heavy (non-hydrogen) atoms. The number of hydrogen-bond acceptors (Lipinski definition) is 3. The quantitative estimate of drug-likeness (QED) is 0.765. The minimum Gasteiger partial charge on any atom is -0.428 e. The number of hydrogen-bond donors (Lipinski definition) is 0. The van der Waals surface area contributed by atoms with Crippen molar-refractivity contribution in [2.75, 3.05) is 0 Å². The van der Waals surface area contributed by atoms with Crippen LogP contribution < -0.4 is 4.74 Å². The molecule has 0 saturated heterocycles. The molecule has 1 aromatic heterocycles. The second-order valence-electron chi connectivity index (χ2n) is 2.77. The Balaban J connectivity index is 2.18. The van der Waals surface area contributed by atoms with Gasteiger partial charge in [-0.25, -0.2) is 9.37 Å². The smallest absolute Gasteiger partial charge is 0.279 e. The highest BCUT2D eigenvalue weighted by molar-refractivity contribution is 7.11. The SMILES string of the molecule is Fc1ccccc1Oc1nc(CCl)cs1. The van der Waals surface area contributed by atoms with E-state index in [-0.39, 0.29) is 5.75 Å². The number of aromatic nitrogens is 1. The molecule has 0 atom stereocenters. The van der Waals surface area contributed by atoms with E-state index in [2.05, 4.69) is 4.98 Å². The maximum Gasteiger partial charge on any atom is 0.279 e. The second kappa shape index (κ2) is 4.59. The largest absolute Gasteiger partial charge is 0.428 e. The first-order valence-corrected chi connectivity index (χ1v) is 5.64. The number of halogens is 2. The summed E-state index contributed by atoms with van der Waals surface area (Å²) >= 11 is 6.88. The third kappa shape index (κ3) is 2.46. The number of ether oxygens (including phenoxy) is 1. The summed E-state index contributed by atoms with van der Waals surface area (Å²) in [5.74, 6) is 0.102. The standard InChI is InChI=1S/C10H7ClFNOS/c11-5-7-6-15-10(13-7)14-9-4-2-1-3-8(9)12/h1-4,6H,5H2. The van der Waals surface area contributed by atoms with E-state index in [4.69, 9.17) is 16.3 Å². The van der Waals surface area contributed by atoms with Gasteiger partial charge >= 0.3 is 0 Å². The fourth-order valence-corrected chi connectivity index (χ4v) is 1.93. The Kier molecular flexibility index (Phi) is 3.18. The van der Waals surface area contributed by atoms with Crippen LogP contribution in [0.15, 0.2) is 29.6 Å². The molecule has 0 fully saturated rings. The summed E-state index contributed by atoms with van der Waals surface area (Å²) in [5.41, 5.74) is 0.730. The lowest BCUT2D eigenvalue weighted by atomic mass is 10.3. The molecule has 0 bridgehead atoms. The van der Waals surface area contributed by atoms with E-state index in [9.17, 15) is 4.39 Å². The van der Waals surface area contributed by atoms with Gasteiger partial charge in [0.05, 0.1) is 11.6 Å². The third-order valence-electron chi connectivity index (χ3n) is 1.70. The first kappa shape index (κ1) is 10.4. The van der Waals surface area contributed by atoms with Gasteiger partial charge < -0.3 is 4.74 Å². The summed E-state index contributed by atoms with van der Waals surface area (Å²) in [6.07, 6.45) is 0. The molecule has 0 saturated carbocycles. The fraction of sp³-hybridized carbons (Fsp3) is 0.100. The molecule has 2 rings (SSSR count). The minimum absolute atomic E-state index is 0.174. The van der Waals surface area contributed by atoms with Gasteiger partial charge in [0, 0.05) is 5.38 Å². The Morgan fingerprint density at radius 1 is 1.40 bits per heavy atom. The van der Waals surface area contributed by atoms with E-state index >= 15 is 0 Å². The van der Waals surface area contributed by atoms with Crippen LogP contribution in [-0.2, 0) is 5.88 Å². The molecule has 0 aliphatic carbocycles. The van der Waals surface area contributed by atoms with Gasteiger partial charge in [0.2, 0.25) is 0 Å². The summed E-state index contributed by atoms with van der Waals surface area (Å²) < 4.78 is 18.5. The molecule has 0 radical (unpaired) electrons. The summed E-state index contributed by atoms with van der Waals surface area (Å²) in [7, 11) is 0. The van der Waals surface area contributed by atoms with E-state index in [1.54, 1.807) is 23.6 Å². The molecular formula is C10H7ClFNOS. The van der Waals surface area contributed by atoms with Crippen molar-refractivity contribution in [3.8, 4) is 10.9 Å². The van der Waals surface area contributed by atoms with Gasteiger partial charge in [0.25, 0.3) is 5.19 Å². The molecule has 5 heteroatoms. The van der Waals surface area contributed by atoms with Crippen molar-refractivity contribution < 1.29 is 9.13 Å². The second-order valence-corrected chi connectivity index (χ2v) is 3.86. The van der Waals surface area contributed by atoms with Crippen LogP contribution in [0.1, 0.15) is 5.69 Å².